The molecule has 0 radical (unpaired) electrons. The number of aromatic nitrogens is 1. The van der Waals surface area contributed by atoms with Crippen LogP contribution < -0.4 is 5.32 Å². The predicted octanol–water partition coefficient (Wildman–Crippen LogP) is 3.14. The van der Waals surface area contributed by atoms with Crippen molar-refractivity contribution in [1.82, 2.24) is 10.3 Å². The van der Waals surface area contributed by atoms with Crippen molar-refractivity contribution in [3.8, 4) is 0 Å². The van der Waals surface area contributed by atoms with E-state index in [4.69, 9.17) is 0 Å². The maximum atomic E-state index is 4.65. The van der Waals surface area contributed by atoms with Gasteiger partial charge in [-0.2, -0.15) is 0 Å². The van der Waals surface area contributed by atoms with E-state index in [9.17, 15) is 0 Å². The summed E-state index contributed by atoms with van der Waals surface area (Å²) in [6.45, 7) is 5.67. The number of rotatable bonds is 4. The van der Waals surface area contributed by atoms with Crippen LogP contribution in [0, 0.1) is 11.8 Å². The molecule has 2 heteroatoms. The van der Waals surface area contributed by atoms with E-state index < -0.39 is 0 Å². The van der Waals surface area contributed by atoms with Crippen molar-refractivity contribution in [2.75, 3.05) is 6.54 Å². The van der Waals surface area contributed by atoms with Crippen LogP contribution in [0.5, 0.6) is 0 Å². The Balaban J connectivity index is 1.66. The molecule has 1 aromatic heterocycles. The van der Waals surface area contributed by atoms with Crippen LogP contribution in [0.4, 0.5) is 0 Å². The second-order valence-corrected chi connectivity index (χ2v) is 6.26. The average molecular weight is 244 g/mol. The number of nitrogens with one attached hydrogen (secondary N) is 1. The molecule has 1 aromatic rings. The molecule has 3 unspecified atom stereocenters. The SMILES string of the molecule is CC(C)NCC1CCC1C1CCc2cccnc21. The Labute approximate surface area is 110 Å². The highest BCUT2D eigenvalue weighted by molar-refractivity contribution is 5.29. The van der Waals surface area contributed by atoms with Gasteiger partial charge in [0.25, 0.3) is 0 Å². The number of fused-ring (bicyclic) bond motifs is 1. The van der Waals surface area contributed by atoms with Gasteiger partial charge in [-0.25, -0.2) is 0 Å². The second-order valence-electron chi connectivity index (χ2n) is 6.26. The number of hydrogen-bond donors (Lipinski definition) is 1. The summed E-state index contributed by atoms with van der Waals surface area (Å²) in [5.41, 5.74) is 2.92. The maximum absolute atomic E-state index is 4.65. The Kier molecular flexibility index (Phi) is 3.38. The van der Waals surface area contributed by atoms with Crippen LogP contribution in [0.3, 0.4) is 0 Å². The molecular weight excluding hydrogens is 220 g/mol. The molecule has 98 valence electrons. The van der Waals surface area contributed by atoms with Crippen LogP contribution in [0.1, 0.15) is 50.3 Å². The van der Waals surface area contributed by atoms with Crippen molar-refractivity contribution in [3.63, 3.8) is 0 Å². The lowest BCUT2D eigenvalue weighted by molar-refractivity contribution is 0.134. The monoisotopic (exact) mass is 244 g/mol. The van der Waals surface area contributed by atoms with Crippen LogP contribution in [0.15, 0.2) is 18.3 Å². The van der Waals surface area contributed by atoms with E-state index in [2.05, 4.69) is 36.3 Å². The van der Waals surface area contributed by atoms with Crippen molar-refractivity contribution >= 4 is 0 Å². The molecular formula is C16H24N2. The van der Waals surface area contributed by atoms with E-state index in [1.54, 1.807) is 0 Å². The summed E-state index contributed by atoms with van der Waals surface area (Å²) in [5.74, 6) is 2.51. The summed E-state index contributed by atoms with van der Waals surface area (Å²) in [6, 6.07) is 4.96. The molecule has 1 N–H and O–H groups in total. The van der Waals surface area contributed by atoms with Gasteiger partial charge in [-0.3, -0.25) is 4.98 Å². The minimum atomic E-state index is 0.611. The summed E-state index contributed by atoms with van der Waals surface area (Å²) < 4.78 is 0. The van der Waals surface area contributed by atoms with Crippen LogP contribution in [0.25, 0.3) is 0 Å². The molecule has 2 nitrogen and oxygen atoms in total. The van der Waals surface area contributed by atoms with Gasteiger partial charge in [-0.05, 0) is 55.7 Å². The van der Waals surface area contributed by atoms with Crippen LogP contribution in [-0.2, 0) is 6.42 Å². The Morgan fingerprint density at radius 2 is 2.22 bits per heavy atom. The van der Waals surface area contributed by atoms with Crippen LogP contribution in [-0.4, -0.2) is 17.6 Å². The largest absolute Gasteiger partial charge is 0.314 e. The molecule has 2 aliphatic carbocycles. The Morgan fingerprint density at radius 3 is 2.94 bits per heavy atom. The smallest absolute Gasteiger partial charge is 0.0469 e. The number of hydrogen-bond acceptors (Lipinski definition) is 2. The first-order valence-corrected chi connectivity index (χ1v) is 7.43. The molecule has 0 bridgehead atoms. The van der Waals surface area contributed by atoms with Gasteiger partial charge in [0.15, 0.2) is 0 Å². The third kappa shape index (κ3) is 2.18. The first-order valence-electron chi connectivity index (χ1n) is 7.43. The molecule has 0 aliphatic heterocycles. The van der Waals surface area contributed by atoms with Crippen molar-refractivity contribution in [1.29, 1.82) is 0 Å². The van der Waals surface area contributed by atoms with Gasteiger partial charge in [0.05, 0.1) is 0 Å². The number of nitrogens with zero attached hydrogens (tertiary/aromatic N) is 1. The van der Waals surface area contributed by atoms with Crippen LogP contribution in [0.2, 0.25) is 0 Å². The topological polar surface area (TPSA) is 24.9 Å². The highest BCUT2D eigenvalue weighted by Gasteiger charge is 2.40. The fourth-order valence-electron chi connectivity index (χ4n) is 3.63. The fraction of sp³-hybridized carbons (Fsp3) is 0.688. The van der Waals surface area contributed by atoms with E-state index in [1.807, 2.05) is 6.20 Å². The molecule has 3 atom stereocenters. The van der Waals surface area contributed by atoms with Gasteiger partial charge in [0.2, 0.25) is 0 Å². The first-order chi connectivity index (χ1) is 8.75. The lowest BCUT2D eigenvalue weighted by Crippen LogP contribution is -2.40. The van der Waals surface area contributed by atoms with Crippen molar-refractivity contribution in [3.05, 3.63) is 29.6 Å². The number of pyridine rings is 1. The fourth-order valence-corrected chi connectivity index (χ4v) is 3.63. The molecule has 0 aromatic carbocycles. The molecule has 0 saturated heterocycles. The molecule has 1 fully saturated rings. The van der Waals surface area contributed by atoms with E-state index in [0.717, 1.165) is 17.8 Å². The summed E-state index contributed by atoms with van der Waals surface area (Å²) in [6.07, 6.45) is 7.36. The summed E-state index contributed by atoms with van der Waals surface area (Å²) in [4.78, 5) is 4.65. The highest BCUT2D eigenvalue weighted by Crippen LogP contribution is 2.48. The van der Waals surface area contributed by atoms with E-state index in [1.165, 1.54) is 43.5 Å². The van der Waals surface area contributed by atoms with Gasteiger partial charge < -0.3 is 5.32 Å². The third-order valence-electron chi connectivity index (χ3n) is 4.78. The van der Waals surface area contributed by atoms with E-state index in [0.29, 0.717) is 6.04 Å². The standard InChI is InChI=1S/C16H24N2/c1-11(2)18-10-13-6-7-14(13)15-8-5-12-4-3-9-17-16(12)15/h3-4,9,11,13-15,18H,5-8,10H2,1-2H3. The van der Waals surface area contributed by atoms with Crippen molar-refractivity contribution < 1.29 is 0 Å². The molecule has 1 heterocycles. The zero-order valence-electron chi connectivity index (χ0n) is 11.5. The normalized spacial score (nSPS) is 30.3. The van der Waals surface area contributed by atoms with Gasteiger partial charge in [0, 0.05) is 23.9 Å². The molecule has 18 heavy (non-hydrogen) atoms. The van der Waals surface area contributed by atoms with Crippen molar-refractivity contribution in [2.45, 2.75) is 51.5 Å². The molecule has 0 amide bonds. The Morgan fingerprint density at radius 1 is 1.33 bits per heavy atom. The Bertz CT molecular complexity index is 413. The third-order valence-corrected chi connectivity index (χ3v) is 4.78. The zero-order chi connectivity index (χ0) is 12.5. The Hall–Kier alpha value is -0.890. The summed E-state index contributed by atoms with van der Waals surface area (Å²) in [7, 11) is 0. The van der Waals surface area contributed by atoms with E-state index >= 15 is 0 Å². The van der Waals surface area contributed by atoms with Gasteiger partial charge >= 0.3 is 0 Å². The summed E-state index contributed by atoms with van der Waals surface area (Å²) in [5, 5.41) is 3.60. The lowest BCUT2D eigenvalue weighted by atomic mass is 9.66. The quantitative estimate of drug-likeness (QED) is 0.880. The highest BCUT2D eigenvalue weighted by atomic mass is 14.9. The van der Waals surface area contributed by atoms with Gasteiger partial charge in [-0.1, -0.05) is 19.9 Å². The zero-order valence-corrected chi connectivity index (χ0v) is 11.5. The maximum Gasteiger partial charge on any atom is 0.0469 e. The summed E-state index contributed by atoms with van der Waals surface area (Å²) >= 11 is 0. The van der Waals surface area contributed by atoms with E-state index in [-0.39, 0.29) is 0 Å². The molecule has 0 spiro atoms. The minimum Gasteiger partial charge on any atom is -0.314 e. The number of aryl methyl sites for hydroxylation is 1. The first kappa shape index (κ1) is 12.2. The van der Waals surface area contributed by atoms with Crippen LogP contribution >= 0.6 is 0 Å². The molecule has 3 rings (SSSR count). The van der Waals surface area contributed by atoms with Gasteiger partial charge in [-0.15, -0.1) is 0 Å². The lowest BCUT2D eigenvalue weighted by Gasteiger charge is -2.41. The predicted molar refractivity (Wildman–Crippen MR) is 74.7 cm³/mol. The molecule has 1 saturated carbocycles. The van der Waals surface area contributed by atoms with Crippen molar-refractivity contribution in [2.24, 2.45) is 11.8 Å². The molecule has 2 aliphatic rings. The average Bonchev–Trinajstić information content (AvgIpc) is 2.72. The van der Waals surface area contributed by atoms with Gasteiger partial charge in [0.1, 0.15) is 0 Å². The second kappa shape index (κ2) is 5.00. The minimum absolute atomic E-state index is 0.611.